The van der Waals surface area contributed by atoms with Gasteiger partial charge in [-0.2, -0.15) is 13.2 Å². The summed E-state index contributed by atoms with van der Waals surface area (Å²) in [7, 11) is 0. The Morgan fingerprint density at radius 3 is 2.60 bits per heavy atom. The first kappa shape index (κ1) is 14.6. The van der Waals surface area contributed by atoms with Crippen LogP contribution in [0.2, 0.25) is 5.15 Å². The highest BCUT2D eigenvalue weighted by Gasteiger charge is 2.31. The van der Waals surface area contributed by atoms with Crippen LogP contribution in [0.4, 0.5) is 19.0 Å². The molecule has 0 spiro atoms. The molecule has 0 radical (unpaired) electrons. The van der Waals surface area contributed by atoms with Gasteiger partial charge < -0.3 is 5.32 Å². The molecular formula is C13H11ClF3N3. The van der Waals surface area contributed by atoms with Crippen LogP contribution in [0, 0.1) is 0 Å². The minimum atomic E-state index is -4.46. The van der Waals surface area contributed by atoms with E-state index in [0.29, 0.717) is 5.69 Å². The second-order valence-corrected chi connectivity index (χ2v) is 4.57. The summed E-state index contributed by atoms with van der Waals surface area (Å²) in [6.07, 6.45) is -2.85. The summed E-state index contributed by atoms with van der Waals surface area (Å²) in [5, 5.41) is 2.64. The highest BCUT2D eigenvalue weighted by molar-refractivity contribution is 6.29. The molecule has 0 saturated heterocycles. The summed E-state index contributed by atoms with van der Waals surface area (Å²) in [4.78, 5) is 7.96. The maximum absolute atomic E-state index is 12.7. The molecule has 7 heteroatoms. The Labute approximate surface area is 118 Å². The van der Waals surface area contributed by atoms with Crippen molar-refractivity contribution in [1.82, 2.24) is 9.97 Å². The highest BCUT2D eigenvalue weighted by Crippen LogP contribution is 2.32. The van der Waals surface area contributed by atoms with E-state index in [4.69, 9.17) is 11.6 Å². The number of pyridine rings is 2. The van der Waals surface area contributed by atoms with E-state index in [0.717, 1.165) is 12.1 Å². The van der Waals surface area contributed by atoms with Gasteiger partial charge in [0.1, 0.15) is 11.0 Å². The molecule has 1 unspecified atom stereocenters. The molecule has 2 aromatic heterocycles. The van der Waals surface area contributed by atoms with Crippen LogP contribution >= 0.6 is 11.6 Å². The smallest absolute Gasteiger partial charge is 0.362 e. The fourth-order valence-corrected chi connectivity index (χ4v) is 1.87. The van der Waals surface area contributed by atoms with E-state index in [1.807, 2.05) is 0 Å². The summed E-state index contributed by atoms with van der Waals surface area (Å²) in [5.74, 6) is 0.0583. The van der Waals surface area contributed by atoms with Crippen LogP contribution in [0.5, 0.6) is 0 Å². The lowest BCUT2D eigenvalue weighted by atomic mass is 10.2. The van der Waals surface area contributed by atoms with E-state index in [2.05, 4.69) is 15.3 Å². The predicted octanol–water partition coefficient (Wildman–Crippen LogP) is 4.32. The van der Waals surface area contributed by atoms with Crippen LogP contribution < -0.4 is 5.32 Å². The molecule has 0 fully saturated rings. The summed E-state index contributed by atoms with van der Waals surface area (Å²) in [5.41, 5.74) is -0.143. The van der Waals surface area contributed by atoms with Crippen molar-refractivity contribution < 1.29 is 13.2 Å². The predicted molar refractivity (Wildman–Crippen MR) is 70.5 cm³/mol. The summed E-state index contributed by atoms with van der Waals surface area (Å²) >= 11 is 5.62. The fourth-order valence-electron chi connectivity index (χ4n) is 1.66. The number of nitrogens with zero attached hydrogens (tertiary/aromatic N) is 2. The van der Waals surface area contributed by atoms with Gasteiger partial charge in [-0.05, 0) is 31.2 Å². The minimum Gasteiger partial charge on any atom is -0.362 e. The molecule has 0 saturated carbocycles. The van der Waals surface area contributed by atoms with Gasteiger partial charge in [-0.25, -0.2) is 4.98 Å². The molecule has 0 bridgehead atoms. The average Bonchev–Trinajstić information content (AvgIpc) is 2.38. The number of halogens is 4. The van der Waals surface area contributed by atoms with Crippen molar-refractivity contribution in [1.29, 1.82) is 0 Å². The van der Waals surface area contributed by atoms with Crippen molar-refractivity contribution in [2.24, 2.45) is 0 Å². The normalized spacial score (nSPS) is 13.1. The molecule has 2 rings (SSSR count). The van der Waals surface area contributed by atoms with Crippen LogP contribution in [0.3, 0.4) is 0 Å². The van der Waals surface area contributed by atoms with Crippen LogP contribution in [-0.4, -0.2) is 9.97 Å². The number of hydrogen-bond acceptors (Lipinski definition) is 3. The van der Waals surface area contributed by atoms with E-state index in [1.165, 1.54) is 0 Å². The van der Waals surface area contributed by atoms with Crippen molar-refractivity contribution in [3.63, 3.8) is 0 Å². The Bertz CT molecular complexity index is 587. The van der Waals surface area contributed by atoms with Gasteiger partial charge in [0.05, 0.1) is 17.3 Å². The van der Waals surface area contributed by atoms with Gasteiger partial charge in [-0.15, -0.1) is 0 Å². The Morgan fingerprint density at radius 2 is 2.00 bits per heavy atom. The summed E-state index contributed by atoms with van der Waals surface area (Å²) < 4.78 is 38.0. The van der Waals surface area contributed by atoms with E-state index in [9.17, 15) is 13.2 Å². The number of alkyl halides is 3. The average molecular weight is 302 g/mol. The largest absolute Gasteiger partial charge is 0.416 e. The number of anilines is 1. The van der Waals surface area contributed by atoms with Gasteiger partial charge in [-0.1, -0.05) is 17.7 Å². The molecular weight excluding hydrogens is 291 g/mol. The molecule has 2 heterocycles. The van der Waals surface area contributed by atoms with Crippen LogP contribution in [0.25, 0.3) is 0 Å². The van der Waals surface area contributed by atoms with Gasteiger partial charge in [0.2, 0.25) is 0 Å². The second kappa shape index (κ2) is 5.66. The topological polar surface area (TPSA) is 37.8 Å². The zero-order chi connectivity index (χ0) is 14.8. The third-order valence-electron chi connectivity index (χ3n) is 2.62. The van der Waals surface area contributed by atoms with Crippen LogP contribution in [0.15, 0.2) is 36.5 Å². The van der Waals surface area contributed by atoms with Crippen molar-refractivity contribution in [3.05, 3.63) is 52.9 Å². The molecule has 1 N–H and O–H groups in total. The van der Waals surface area contributed by atoms with Crippen molar-refractivity contribution >= 4 is 17.4 Å². The Balaban J connectivity index is 2.24. The second-order valence-electron chi connectivity index (χ2n) is 4.18. The maximum Gasteiger partial charge on any atom is 0.416 e. The zero-order valence-electron chi connectivity index (χ0n) is 10.4. The first-order valence-electron chi connectivity index (χ1n) is 5.78. The number of aromatic nitrogens is 2. The zero-order valence-corrected chi connectivity index (χ0v) is 11.2. The molecule has 106 valence electrons. The molecule has 0 aliphatic rings. The van der Waals surface area contributed by atoms with Crippen molar-refractivity contribution in [3.8, 4) is 0 Å². The highest BCUT2D eigenvalue weighted by atomic mass is 35.5. The molecule has 0 amide bonds. The lowest BCUT2D eigenvalue weighted by Gasteiger charge is -2.15. The third-order valence-corrected chi connectivity index (χ3v) is 2.81. The Kier molecular flexibility index (Phi) is 4.13. The van der Waals surface area contributed by atoms with Gasteiger partial charge in [0.15, 0.2) is 0 Å². The molecule has 1 atom stereocenters. The fraction of sp³-hybridized carbons (Fsp3) is 0.231. The summed E-state index contributed by atoms with van der Waals surface area (Å²) in [6, 6.07) is 6.75. The first-order valence-corrected chi connectivity index (χ1v) is 6.16. The molecule has 0 aliphatic carbocycles. The van der Waals surface area contributed by atoms with Crippen LogP contribution in [-0.2, 0) is 6.18 Å². The third kappa shape index (κ3) is 3.60. The minimum absolute atomic E-state index is 0.0583. The lowest BCUT2D eigenvalue weighted by molar-refractivity contribution is -0.137. The van der Waals surface area contributed by atoms with Gasteiger partial charge in [-0.3, -0.25) is 4.98 Å². The van der Waals surface area contributed by atoms with Gasteiger partial charge in [0, 0.05) is 6.20 Å². The summed E-state index contributed by atoms with van der Waals surface area (Å²) in [6.45, 7) is 1.78. The molecule has 0 aliphatic heterocycles. The standard InChI is InChI=1S/C13H11ClF3N3/c1-8(10-4-2-3-5-18-10)19-12-7-9(13(15,16)17)6-11(14)20-12/h2-8H,1H3,(H,19,20). The monoisotopic (exact) mass is 301 g/mol. The maximum atomic E-state index is 12.7. The van der Waals surface area contributed by atoms with E-state index < -0.39 is 11.7 Å². The SMILES string of the molecule is CC(Nc1cc(C(F)(F)F)cc(Cl)n1)c1ccccn1. The molecule has 2 aromatic rings. The Morgan fingerprint density at radius 1 is 1.25 bits per heavy atom. The Hall–Kier alpha value is -1.82. The molecule has 3 nitrogen and oxygen atoms in total. The first-order chi connectivity index (χ1) is 9.36. The number of nitrogens with one attached hydrogen (secondary N) is 1. The molecule has 20 heavy (non-hydrogen) atoms. The van der Waals surface area contributed by atoms with Gasteiger partial charge >= 0.3 is 6.18 Å². The van der Waals surface area contributed by atoms with E-state index in [1.54, 1.807) is 31.3 Å². The quantitative estimate of drug-likeness (QED) is 0.858. The van der Waals surface area contributed by atoms with Crippen molar-refractivity contribution in [2.45, 2.75) is 19.1 Å². The van der Waals surface area contributed by atoms with Crippen LogP contribution in [0.1, 0.15) is 24.2 Å². The van der Waals surface area contributed by atoms with E-state index >= 15 is 0 Å². The lowest BCUT2D eigenvalue weighted by Crippen LogP contribution is -2.12. The van der Waals surface area contributed by atoms with Gasteiger partial charge in [0.25, 0.3) is 0 Å². The van der Waals surface area contributed by atoms with E-state index in [-0.39, 0.29) is 17.0 Å². The number of rotatable bonds is 3. The number of hydrogen-bond donors (Lipinski definition) is 1. The molecule has 0 aromatic carbocycles. The van der Waals surface area contributed by atoms with Crippen molar-refractivity contribution in [2.75, 3.05) is 5.32 Å².